The van der Waals surface area contributed by atoms with Gasteiger partial charge in [0.25, 0.3) is 0 Å². The van der Waals surface area contributed by atoms with E-state index in [4.69, 9.17) is 5.26 Å². The Morgan fingerprint density at radius 1 is 1.29 bits per heavy atom. The van der Waals surface area contributed by atoms with Crippen LogP contribution in [0.15, 0.2) is 29.2 Å². The van der Waals surface area contributed by atoms with Crippen LogP contribution in [0.4, 0.5) is 0 Å². The molecule has 2 rings (SSSR count). The van der Waals surface area contributed by atoms with Crippen LogP contribution in [-0.2, 0) is 10.0 Å². The summed E-state index contributed by atoms with van der Waals surface area (Å²) in [6.45, 7) is 3.51. The van der Waals surface area contributed by atoms with Crippen LogP contribution in [0.2, 0.25) is 0 Å². The number of sulfonamides is 1. The second-order valence-electron chi connectivity index (χ2n) is 4.92. The third-order valence-corrected chi connectivity index (χ3v) is 5.40. The predicted octanol–water partition coefficient (Wildman–Crippen LogP) is 0.719. The molecule has 0 bridgehead atoms. The first-order valence-electron chi connectivity index (χ1n) is 6.65. The Bertz CT molecular complexity index is 671. The lowest BCUT2D eigenvalue weighted by Crippen LogP contribution is -2.48. The van der Waals surface area contributed by atoms with Crippen molar-refractivity contribution in [2.24, 2.45) is 0 Å². The topological polar surface area (TPSA) is 81.5 Å². The normalized spacial score (nSPS) is 17.3. The number of benzene rings is 1. The number of nitrogens with zero attached hydrogens (tertiary/aromatic N) is 3. The highest BCUT2D eigenvalue weighted by Crippen LogP contribution is 2.19. The molecule has 0 saturated carbocycles. The van der Waals surface area contributed by atoms with Gasteiger partial charge in [-0.2, -0.15) is 9.57 Å². The van der Waals surface area contributed by atoms with Crippen molar-refractivity contribution in [3.8, 4) is 6.07 Å². The van der Waals surface area contributed by atoms with Crippen molar-refractivity contribution in [2.75, 3.05) is 32.7 Å². The van der Waals surface area contributed by atoms with Gasteiger partial charge in [-0.15, -0.1) is 0 Å². The average Bonchev–Trinajstić information content (AvgIpc) is 2.48. The van der Waals surface area contributed by atoms with Gasteiger partial charge < -0.3 is 0 Å². The number of carbonyl (C=O) groups excluding carboxylic acids is 1. The number of rotatable bonds is 4. The zero-order valence-corrected chi connectivity index (χ0v) is 12.6. The molecule has 1 aromatic carbocycles. The van der Waals surface area contributed by atoms with Crippen molar-refractivity contribution in [3.63, 3.8) is 0 Å². The van der Waals surface area contributed by atoms with Crippen molar-refractivity contribution < 1.29 is 13.2 Å². The summed E-state index contributed by atoms with van der Waals surface area (Å²) in [5.41, 5.74) is 0.388. The Morgan fingerprint density at radius 2 is 1.95 bits per heavy atom. The highest BCUT2D eigenvalue weighted by atomic mass is 32.2. The number of piperazine rings is 1. The van der Waals surface area contributed by atoms with Crippen molar-refractivity contribution >= 4 is 15.8 Å². The van der Waals surface area contributed by atoms with Gasteiger partial charge in [0.1, 0.15) is 0 Å². The molecule has 1 saturated heterocycles. The highest BCUT2D eigenvalue weighted by molar-refractivity contribution is 7.89. The molecule has 0 amide bonds. The number of nitriles is 1. The van der Waals surface area contributed by atoms with Crippen molar-refractivity contribution in [3.05, 3.63) is 29.8 Å². The smallest absolute Gasteiger partial charge is 0.243 e. The predicted molar refractivity (Wildman–Crippen MR) is 77.3 cm³/mol. The standard InChI is InChI=1S/C14H17N3O3S/c1-12(18)13-3-2-4-14(11-13)21(19,20)17-9-7-16(6-5-15)8-10-17/h2-4,11H,6-10H2,1H3. The van der Waals surface area contributed by atoms with Crippen LogP contribution in [-0.4, -0.2) is 56.1 Å². The minimum Gasteiger partial charge on any atom is -0.295 e. The molecule has 1 aromatic rings. The van der Waals surface area contributed by atoms with Crippen LogP contribution in [0.25, 0.3) is 0 Å². The summed E-state index contributed by atoms with van der Waals surface area (Å²) in [4.78, 5) is 13.4. The van der Waals surface area contributed by atoms with Crippen molar-refractivity contribution in [1.82, 2.24) is 9.21 Å². The summed E-state index contributed by atoms with van der Waals surface area (Å²) < 4.78 is 26.5. The fraction of sp³-hybridized carbons (Fsp3) is 0.429. The van der Waals surface area contributed by atoms with E-state index in [1.165, 1.54) is 23.4 Å². The zero-order valence-electron chi connectivity index (χ0n) is 11.8. The maximum atomic E-state index is 12.6. The maximum absolute atomic E-state index is 12.6. The molecule has 0 unspecified atom stereocenters. The zero-order chi connectivity index (χ0) is 15.5. The molecule has 1 heterocycles. The Hall–Kier alpha value is -1.75. The van der Waals surface area contributed by atoms with Crippen molar-refractivity contribution in [1.29, 1.82) is 5.26 Å². The third-order valence-electron chi connectivity index (χ3n) is 3.50. The molecule has 6 nitrogen and oxygen atoms in total. The first-order chi connectivity index (χ1) is 9.95. The largest absolute Gasteiger partial charge is 0.295 e. The molecule has 0 spiro atoms. The van der Waals surface area contributed by atoms with Gasteiger partial charge in [-0.3, -0.25) is 9.69 Å². The van der Waals surface area contributed by atoms with E-state index in [0.29, 0.717) is 38.3 Å². The van der Waals surface area contributed by atoms with E-state index >= 15 is 0 Å². The van der Waals surface area contributed by atoms with Gasteiger partial charge in [-0.05, 0) is 19.1 Å². The number of hydrogen-bond acceptors (Lipinski definition) is 5. The molecular formula is C14H17N3O3S. The molecule has 1 fully saturated rings. The van der Waals surface area contributed by atoms with Crippen LogP contribution in [0, 0.1) is 11.3 Å². The number of hydrogen-bond donors (Lipinski definition) is 0. The molecule has 0 aliphatic carbocycles. The summed E-state index contributed by atoms with van der Waals surface area (Å²) in [6, 6.07) is 8.16. The van der Waals surface area contributed by atoms with E-state index < -0.39 is 10.0 Å². The van der Waals surface area contributed by atoms with Crippen LogP contribution >= 0.6 is 0 Å². The van der Waals surface area contributed by atoms with Crippen LogP contribution in [0.3, 0.4) is 0 Å². The molecular weight excluding hydrogens is 290 g/mol. The van der Waals surface area contributed by atoms with E-state index in [1.807, 2.05) is 4.90 Å². The minimum atomic E-state index is -3.58. The van der Waals surface area contributed by atoms with Gasteiger partial charge in [0.2, 0.25) is 10.0 Å². The Morgan fingerprint density at radius 3 is 2.52 bits per heavy atom. The Balaban J connectivity index is 2.18. The molecule has 0 N–H and O–H groups in total. The summed E-state index contributed by atoms with van der Waals surface area (Å²) >= 11 is 0. The lowest BCUT2D eigenvalue weighted by atomic mass is 10.2. The molecule has 112 valence electrons. The Labute approximate surface area is 124 Å². The second kappa shape index (κ2) is 6.35. The third kappa shape index (κ3) is 3.47. The van der Waals surface area contributed by atoms with Crippen LogP contribution in [0.5, 0.6) is 0 Å². The lowest BCUT2D eigenvalue weighted by Gasteiger charge is -2.32. The first-order valence-corrected chi connectivity index (χ1v) is 8.09. The van der Waals surface area contributed by atoms with E-state index in [-0.39, 0.29) is 10.7 Å². The van der Waals surface area contributed by atoms with Gasteiger partial charge in [-0.25, -0.2) is 8.42 Å². The van der Waals surface area contributed by atoms with E-state index in [0.717, 1.165) is 0 Å². The minimum absolute atomic E-state index is 0.143. The van der Waals surface area contributed by atoms with Gasteiger partial charge in [0.15, 0.2) is 5.78 Å². The summed E-state index contributed by atoms with van der Waals surface area (Å²) in [5.74, 6) is -0.161. The van der Waals surface area contributed by atoms with Gasteiger partial charge in [0.05, 0.1) is 17.5 Å². The Kier molecular flexibility index (Phi) is 4.73. The first kappa shape index (κ1) is 15.6. The monoisotopic (exact) mass is 307 g/mol. The fourth-order valence-corrected chi connectivity index (χ4v) is 3.72. The molecule has 1 aliphatic rings. The van der Waals surface area contributed by atoms with Crippen LogP contribution < -0.4 is 0 Å². The average molecular weight is 307 g/mol. The summed E-state index contributed by atoms with van der Waals surface area (Å²) in [6.07, 6.45) is 0. The van der Waals surface area contributed by atoms with E-state index in [1.54, 1.807) is 12.1 Å². The summed E-state index contributed by atoms with van der Waals surface area (Å²) in [5, 5.41) is 8.65. The second-order valence-corrected chi connectivity index (χ2v) is 6.86. The number of ketones is 1. The quantitative estimate of drug-likeness (QED) is 0.605. The molecule has 0 atom stereocenters. The molecule has 0 radical (unpaired) electrons. The van der Waals surface area contributed by atoms with Gasteiger partial charge in [0, 0.05) is 31.7 Å². The molecule has 0 aromatic heterocycles. The molecule has 21 heavy (non-hydrogen) atoms. The van der Waals surface area contributed by atoms with E-state index in [9.17, 15) is 13.2 Å². The lowest BCUT2D eigenvalue weighted by molar-refractivity contribution is 0.101. The molecule has 7 heteroatoms. The number of carbonyl (C=O) groups is 1. The maximum Gasteiger partial charge on any atom is 0.243 e. The van der Waals surface area contributed by atoms with Gasteiger partial charge in [-0.1, -0.05) is 12.1 Å². The summed E-state index contributed by atoms with van der Waals surface area (Å²) in [7, 11) is -3.58. The molecule has 1 aliphatic heterocycles. The fourth-order valence-electron chi connectivity index (χ4n) is 2.25. The van der Waals surface area contributed by atoms with Crippen molar-refractivity contribution in [2.45, 2.75) is 11.8 Å². The SMILES string of the molecule is CC(=O)c1cccc(S(=O)(=O)N2CCN(CC#N)CC2)c1. The highest BCUT2D eigenvalue weighted by Gasteiger charge is 2.28. The number of Topliss-reactive ketones (excluding diaryl/α,β-unsaturated/α-hetero) is 1. The van der Waals surface area contributed by atoms with Crippen LogP contribution in [0.1, 0.15) is 17.3 Å². The van der Waals surface area contributed by atoms with E-state index in [2.05, 4.69) is 6.07 Å². The van der Waals surface area contributed by atoms with Gasteiger partial charge >= 0.3 is 0 Å².